The zero-order chi connectivity index (χ0) is 22.2. The molecule has 0 aliphatic heterocycles. The highest BCUT2D eigenvalue weighted by molar-refractivity contribution is 6.18. The number of phenols is 1. The molecule has 0 saturated heterocycles. The standard InChI is InChI=1S/C27H25ClN2O2/c28-14-13-26(21-5-2-1-3-6-21)27(23-7-4-8-24(31)19-23)22-9-11-25(12-10-22)32-18-17-30-16-15-29-20-30/h1-12,15-16,19-20,31H,13-14,17-18H2. The molecule has 5 heteroatoms. The minimum absolute atomic E-state index is 0.234. The SMILES string of the molecule is Oc1cccc(C(=C(CCCl)c2ccccc2)c2ccc(OCCn3ccnc3)cc2)c1. The van der Waals surface area contributed by atoms with Gasteiger partial charge in [-0.1, -0.05) is 54.6 Å². The first-order valence-electron chi connectivity index (χ1n) is 10.6. The number of hydrogen-bond acceptors (Lipinski definition) is 3. The molecule has 32 heavy (non-hydrogen) atoms. The molecule has 0 amide bonds. The maximum absolute atomic E-state index is 10.1. The molecule has 1 heterocycles. The maximum atomic E-state index is 10.1. The van der Waals surface area contributed by atoms with Crippen molar-refractivity contribution in [3.63, 3.8) is 0 Å². The molecule has 0 spiro atoms. The fraction of sp³-hybridized carbons (Fsp3) is 0.148. The molecule has 0 aliphatic rings. The summed E-state index contributed by atoms with van der Waals surface area (Å²) in [5.74, 6) is 1.54. The Hall–Kier alpha value is -3.50. The first kappa shape index (κ1) is 21.7. The van der Waals surface area contributed by atoms with E-state index in [1.807, 2.05) is 53.2 Å². The monoisotopic (exact) mass is 444 g/mol. The van der Waals surface area contributed by atoms with Crippen LogP contribution in [-0.2, 0) is 6.54 Å². The Morgan fingerprint density at radius 3 is 2.38 bits per heavy atom. The lowest BCUT2D eigenvalue weighted by atomic mass is 9.88. The molecule has 0 atom stereocenters. The zero-order valence-corrected chi connectivity index (χ0v) is 18.4. The number of hydrogen-bond donors (Lipinski definition) is 1. The van der Waals surface area contributed by atoms with Gasteiger partial charge in [0.15, 0.2) is 0 Å². The van der Waals surface area contributed by atoms with Crippen LogP contribution in [-0.4, -0.2) is 27.1 Å². The van der Waals surface area contributed by atoms with Crippen LogP contribution in [0.25, 0.3) is 11.1 Å². The number of alkyl halides is 1. The molecule has 1 N–H and O–H groups in total. The molecule has 4 rings (SSSR count). The Morgan fingerprint density at radius 2 is 1.69 bits per heavy atom. The minimum Gasteiger partial charge on any atom is -0.508 e. The Labute approximate surface area is 193 Å². The molecule has 4 nitrogen and oxygen atoms in total. The molecule has 162 valence electrons. The van der Waals surface area contributed by atoms with Crippen molar-refractivity contribution >= 4 is 22.7 Å². The number of aromatic nitrogens is 2. The second-order valence-corrected chi connectivity index (χ2v) is 7.76. The van der Waals surface area contributed by atoms with E-state index >= 15 is 0 Å². The van der Waals surface area contributed by atoms with E-state index in [1.54, 1.807) is 24.7 Å². The van der Waals surface area contributed by atoms with Gasteiger partial charge in [0.1, 0.15) is 18.1 Å². The summed E-state index contributed by atoms with van der Waals surface area (Å²) in [5.41, 5.74) is 5.30. The van der Waals surface area contributed by atoms with Crippen molar-refractivity contribution in [2.75, 3.05) is 12.5 Å². The van der Waals surface area contributed by atoms with Crippen molar-refractivity contribution in [3.8, 4) is 11.5 Å². The van der Waals surface area contributed by atoms with Crippen LogP contribution >= 0.6 is 11.6 Å². The largest absolute Gasteiger partial charge is 0.508 e. The third-order valence-electron chi connectivity index (χ3n) is 5.22. The number of allylic oxidation sites excluding steroid dienone is 1. The number of benzene rings is 3. The van der Waals surface area contributed by atoms with Crippen molar-refractivity contribution in [1.82, 2.24) is 9.55 Å². The van der Waals surface area contributed by atoms with Gasteiger partial charge in [-0.05, 0) is 58.5 Å². The number of imidazole rings is 1. The predicted octanol–water partition coefficient (Wildman–Crippen LogP) is 6.26. The van der Waals surface area contributed by atoms with E-state index in [-0.39, 0.29) is 5.75 Å². The van der Waals surface area contributed by atoms with E-state index in [0.717, 1.165) is 40.1 Å². The van der Waals surface area contributed by atoms with Gasteiger partial charge in [-0.25, -0.2) is 4.98 Å². The van der Waals surface area contributed by atoms with Gasteiger partial charge in [-0.2, -0.15) is 0 Å². The van der Waals surface area contributed by atoms with Crippen molar-refractivity contribution in [2.24, 2.45) is 0 Å². The summed E-state index contributed by atoms with van der Waals surface area (Å²) < 4.78 is 7.89. The second-order valence-electron chi connectivity index (χ2n) is 7.38. The van der Waals surface area contributed by atoms with Gasteiger partial charge in [0.2, 0.25) is 0 Å². The normalized spacial score (nSPS) is 11.8. The molecule has 1 aromatic heterocycles. The first-order valence-corrected chi connectivity index (χ1v) is 11.1. The van der Waals surface area contributed by atoms with E-state index < -0.39 is 0 Å². The number of rotatable bonds is 9. The Balaban J connectivity index is 1.68. The summed E-state index contributed by atoms with van der Waals surface area (Å²) >= 11 is 6.21. The highest BCUT2D eigenvalue weighted by Gasteiger charge is 2.14. The fourth-order valence-electron chi connectivity index (χ4n) is 3.73. The molecule has 0 radical (unpaired) electrons. The molecular formula is C27H25ClN2O2. The van der Waals surface area contributed by atoms with Crippen molar-refractivity contribution < 1.29 is 9.84 Å². The van der Waals surface area contributed by atoms with Crippen LogP contribution in [0.3, 0.4) is 0 Å². The summed E-state index contributed by atoms with van der Waals surface area (Å²) in [4.78, 5) is 4.05. The topological polar surface area (TPSA) is 47.3 Å². The van der Waals surface area contributed by atoms with Crippen molar-refractivity contribution in [1.29, 1.82) is 0 Å². The summed E-state index contributed by atoms with van der Waals surface area (Å²) in [6, 6.07) is 25.7. The highest BCUT2D eigenvalue weighted by Crippen LogP contribution is 2.36. The summed E-state index contributed by atoms with van der Waals surface area (Å²) in [6.45, 7) is 1.30. The molecule has 0 aliphatic carbocycles. The molecular weight excluding hydrogens is 420 g/mol. The molecule has 3 aromatic carbocycles. The van der Waals surface area contributed by atoms with E-state index in [0.29, 0.717) is 18.9 Å². The van der Waals surface area contributed by atoms with Crippen LogP contribution in [0.2, 0.25) is 0 Å². The average molecular weight is 445 g/mol. The van der Waals surface area contributed by atoms with Crippen molar-refractivity contribution in [2.45, 2.75) is 13.0 Å². The Kier molecular flexibility index (Phi) is 7.26. The van der Waals surface area contributed by atoms with Gasteiger partial charge in [0, 0.05) is 18.3 Å². The van der Waals surface area contributed by atoms with Crippen molar-refractivity contribution in [3.05, 3.63) is 114 Å². The van der Waals surface area contributed by atoms with Crippen LogP contribution in [0.15, 0.2) is 97.6 Å². The summed E-state index contributed by atoms with van der Waals surface area (Å²) in [6.07, 6.45) is 6.16. The predicted molar refractivity (Wildman–Crippen MR) is 130 cm³/mol. The van der Waals surface area contributed by atoms with Gasteiger partial charge in [0.05, 0.1) is 12.9 Å². The fourth-order valence-corrected chi connectivity index (χ4v) is 3.92. The lowest BCUT2D eigenvalue weighted by Crippen LogP contribution is -2.06. The zero-order valence-electron chi connectivity index (χ0n) is 17.7. The minimum atomic E-state index is 0.234. The first-order chi connectivity index (χ1) is 15.7. The van der Waals surface area contributed by atoms with Gasteiger partial charge in [-0.3, -0.25) is 0 Å². The van der Waals surface area contributed by atoms with E-state index in [4.69, 9.17) is 16.3 Å². The molecule has 0 bridgehead atoms. The van der Waals surface area contributed by atoms with Crippen LogP contribution in [0.1, 0.15) is 23.1 Å². The van der Waals surface area contributed by atoms with E-state index in [9.17, 15) is 5.11 Å². The van der Waals surface area contributed by atoms with E-state index in [2.05, 4.69) is 29.2 Å². The second kappa shape index (κ2) is 10.7. The van der Waals surface area contributed by atoms with Gasteiger partial charge in [0.25, 0.3) is 0 Å². The molecule has 0 fully saturated rings. The Morgan fingerprint density at radius 1 is 0.906 bits per heavy atom. The summed E-state index contributed by atoms with van der Waals surface area (Å²) in [7, 11) is 0. The van der Waals surface area contributed by atoms with Crippen LogP contribution in [0, 0.1) is 0 Å². The van der Waals surface area contributed by atoms with Gasteiger partial charge < -0.3 is 14.4 Å². The number of halogens is 1. The molecule has 0 unspecified atom stereocenters. The quantitative estimate of drug-likeness (QED) is 0.245. The number of ether oxygens (including phenoxy) is 1. The molecule has 4 aromatic rings. The third kappa shape index (κ3) is 5.40. The number of phenolic OH excluding ortho intramolecular Hbond substituents is 1. The van der Waals surface area contributed by atoms with E-state index in [1.165, 1.54) is 0 Å². The highest BCUT2D eigenvalue weighted by atomic mass is 35.5. The lowest BCUT2D eigenvalue weighted by molar-refractivity contribution is 0.298. The van der Waals surface area contributed by atoms with Gasteiger partial charge in [-0.15, -0.1) is 11.6 Å². The average Bonchev–Trinajstić information content (AvgIpc) is 3.34. The lowest BCUT2D eigenvalue weighted by Gasteiger charge is -2.17. The third-order valence-corrected chi connectivity index (χ3v) is 5.41. The van der Waals surface area contributed by atoms with Crippen LogP contribution < -0.4 is 4.74 Å². The smallest absolute Gasteiger partial charge is 0.119 e. The van der Waals surface area contributed by atoms with Crippen LogP contribution in [0.4, 0.5) is 0 Å². The van der Waals surface area contributed by atoms with Gasteiger partial charge >= 0.3 is 0 Å². The number of nitrogens with zero attached hydrogens (tertiary/aromatic N) is 2. The molecule has 0 saturated carbocycles. The summed E-state index contributed by atoms with van der Waals surface area (Å²) in [5, 5.41) is 10.1. The number of aromatic hydroxyl groups is 1. The maximum Gasteiger partial charge on any atom is 0.119 e. The Bertz CT molecular complexity index is 1150. The van der Waals surface area contributed by atoms with Crippen LogP contribution in [0.5, 0.6) is 11.5 Å².